The van der Waals surface area contributed by atoms with Gasteiger partial charge in [0.2, 0.25) is 11.1 Å². The Morgan fingerprint density at radius 1 is 1.43 bits per heavy atom. The van der Waals surface area contributed by atoms with Crippen molar-refractivity contribution in [1.82, 2.24) is 20.2 Å². The number of anilines is 1. The van der Waals surface area contributed by atoms with Crippen molar-refractivity contribution in [2.45, 2.75) is 37.9 Å². The highest BCUT2D eigenvalue weighted by Gasteiger charge is 2.28. The monoisotopic (exact) mass is 303 g/mol. The van der Waals surface area contributed by atoms with Crippen molar-refractivity contribution >= 4 is 23.4 Å². The summed E-state index contributed by atoms with van der Waals surface area (Å²) in [5.41, 5.74) is 3.10. The standard InChI is InChI=1S/C14H17N5OS/c1-9-3-6-12(10(2)7-9)15-13(20)8-21-14-16-17-18-19(14)11-4-5-11/h3,6-7,11H,4-5,8H2,1-2H3,(H,15,20). The number of amides is 1. The second-order valence-corrected chi connectivity index (χ2v) is 6.23. The number of aromatic nitrogens is 4. The summed E-state index contributed by atoms with van der Waals surface area (Å²) < 4.78 is 1.81. The van der Waals surface area contributed by atoms with E-state index < -0.39 is 0 Å². The number of rotatable bonds is 5. The second-order valence-electron chi connectivity index (χ2n) is 5.29. The van der Waals surface area contributed by atoms with Crippen LogP contribution in [0.1, 0.15) is 30.0 Å². The van der Waals surface area contributed by atoms with Crippen molar-refractivity contribution in [2.24, 2.45) is 0 Å². The van der Waals surface area contributed by atoms with Crippen LogP contribution in [-0.4, -0.2) is 31.9 Å². The van der Waals surface area contributed by atoms with E-state index in [1.165, 1.54) is 17.3 Å². The molecule has 2 aromatic rings. The number of nitrogens with one attached hydrogen (secondary N) is 1. The Hall–Kier alpha value is -1.89. The maximum atomic E-state index is 12.0. The van der Waals surface area contributed by atoms with Gasteiger partial charge in [0.15, 0.2) is 0 Å². The van der Waals surface area contributed by atoms with Crippen LogP contribution in [0.2, 0.25) is 0 Å². The van der Waals surface area contributed by atoms with Crippen LogP contribution in [0.5, 0.6) is 0 Å². The van der Waals surface area contributed by atoms with Crippen molar-refractivity contribution in [3.63, 3.8) is 0 Å². The first-order valence-corrected chi connectivity index (χ1v) is 7.90. The van der Waals surface area contributed by atoms with Gasteiger partial charge in [0.25, 0.3) is 0 Å². The molecule has 7 heteroatoms. The maximum Gasteiger partial charge on any atom is 0.234 e. The molecule has 1 aromatic carbocycles. The lowest BCUT2D eigenvalue weighted by Gasteiger charge is -2.08. The van der Waals surface area contributed by atoms with E-state index in [0.29, 0.717) is 17.0 Å². The molecule has 1 N–H and O–H groups in total. The van der Waals surface area contributed by atoms with Gasteiger partial charge in [-0.2, -0.15) is 0 Å². The molecule has 0 saturated heterocycles. The Labute approximate surface area is 127 Å². The van der Waals surface area contributed by atoms with Gasteiger partial charge in [-0.15, -0.1) is 5.10 Å². The van der Waals surface area contributed by atoms with E-state index in [1.54, 1.807) is 0 Å². The first-order valence-electron chi connectivity index (χ1n) is 6.91. The van der Waals surface area contributed by atoms with Crippen molar-refractivity contribution in [3.05, 3.63) is 29.3 Å². The molecule has 1 aliphatic carbocycles. The normalized spacial score (nSPS) is 14.2. The van der Waals surface area contributed by atoms with Crippen molar-refractivity contribution < 1.29 is 4.79 Å². The van der Waals surface area contributed by atoms with Crippen LogP contribution in [0.4, 0.5) is 5.69 Å². The fraction of sp³-hybridized carbons (Fsp3) is 0.429. The Morgan fingerprint density at radius 3 is 2.95 bits per heavy atom. The van der Waals surface area contributed by atoms with E-state index in [1.807, 2.05) is 30.7 Å². The van der Waals surface area contributed by atoms with E-state index in [2.05, 4.69) is 26.9 Å². The number of nitrogens with zero attached hydrogens (tertiary/aromatic N) is 4. The van der Waals surface area contributed by atoms with Gasteiger partial charge >= 0.3 is 0 Å². The van der Waals surface area contributed by atoms with Crippen LogP contribution < -0.4 is 5.32 Å². The summed E-state index contributed by atoms with van der Waals surface area (Å²) in [6, 6.07) is 6.39. The second kappa shape index (κ2) is 5.85. The smallest absolute Gasteiger partial charge is 0.234 e. The van der Waals surface area contributed by atoms with E-state index >= 15 is 0 Å². The molecule has 0 radical (unpaired) electrons. The van der Waals surface area contributed by atoms with Crippen LogP contribution in [0, 0.1) is 13.8 Å². The molecule has 0 aliphatic heterocycles. The van der Waals surface area contributed by atoms with Crippen LogP contribution in [0.15, 0.2) is 23.4 Å². The fourth-order valence-corrected chi connectivity index (χ4v) is 2.84. The summed E-state index contributed by atoms with van der Waals surface area (Å²) in [5, 5.41) is 15.3. The lowest BCUT2D eigenvalue weighted by Crippen LogP contribution is -2.15. The molecule has 1 saturated carbocycles. The number of tetrazole rings is 1. The summed E-state index contributed by atoms with van der Waals surface area (Å²) in [4.78, 5) is 12.0. The topological polar surface area (TPSA) is 72.7 Å². The number of benzene rings is 1. The van der Waals surface area contributed by atoms with E-state index in [4.69, 9.17) is 0 Å². The molecule has 110 valence electrons. The van der Waals surface area contributed by atoms with Gasteiger partial charge in [-0.1, -0.05) is 29.5 Å². The summed E-state index contributed by atoms with van der Waals surface area (Å²) in [6.07, 6.45) is 2.24. The summed E-state index contributed by atoms with van der Waals surface area (Å²) in [7, 11) is 0. The molecular weight excluding hydrogens is 286 g/mol. The van der Waals surface area contributed by atoms with Crippen LogP contribution >= 0.6 is 11.8 Å². The zero-order chi connectivity index (χ0) is 14.8. The molecule has 0 spiro atoms. The third-order valence-electron chi connectivity index (χ3n) is 3.34. The van der Waals surface area contributed by atoms with Gasteiger partial charge in [0.1, 0.15) is 0 Å². The van der Waals surface area contributed by atoms with E-state index in [9.17, 15) is 4.79 Å². The number of hydrogen-bond acceptors (Lipinski definition) is 5. The Bertz CT molecular complexity index is 665. The van der Waals surface area contributed by atoms with Crippen LogP contribution in [0.3, 0.4) is 0 Å². The lowest BCUT2D eigenvalue weighted by molar-refractivity contribution is -0.113. The molecule has 1 aliphatic rings. The highest BCUT2D eigenvalue weighted by molar-refractivity contribution is 7.99. The predicted octanol–water partition coefficient (Wildman–Crippen LogP) is 2.36. The third kappa shape index (κ3) is 3.41. The minimum atomic E-state index is -0.0442. The van der Waals surface area contributed by atoms with E-state index in [-0.39, 0.29) is 5.91 Å². The molecule has 6 nitrogen and oxygen atoms in total. The van der Waals surface area contributed by atoms with Gasteiger partial charge < -0.3 is 5.32 Å². The third-order valence-corrected chi connectivity index (χ3v) is 4.28. The van der Waals surface area contributed by atoms with Crippen molar-refractivity contribution in [3.8, 4) is 0 Å². The average Bonchev–Trinajstić information content (AvgIpc) is 3.18. The molecule has 0 bridgehead atoms. The predicted molar refractivity (Wildman–Crippen MR) is 81.4 cm³/mol. The number of aryl methyl sites for hydroxylation is 2. The number of thioether (sulfide) groups is 1. The zero-order valence-electron chi connectivity index (χ0n) is 12.0. The lowest BCUT2D eigenvalue weighted by atomic mass is 10.1. The summed E-state index contributed by atoms with van der Waals surface area (Å²) in [5.74, 6) is 0.262. The highest BCUT2D eigenvalue weighted by Crippen LogP contribution is 2.36. The number of carbonyl (C=O) groups excluding carboxylic acids is 1. The number of carbonyl (C=O) groups is 1. The first kappa shape index (κ1) is 14.1. The highest BCUT2D eigenvalue weighted by atomic mass is 32.2. The molecule has 0 unspecified atom stereocenters. The fourth-order valence-electron chi connectivity index (χ4n) is 2.10. The molecule has 3 rings (SSSR count). The molecule has 21 heavy (non-hydrogen) atoms. The Morgan fingerprint density at radius 2 is 2.24 bits per heavy atom. The van der Waals surface area contributed by atoms with Crippen molar-refractivity contribution in [2.75, 3.05) is 11.1 Å². The minimum Gasteiger partial charge on any atom is -0.325 e. The largest absolute Gasteiger partial charge is 0.325 e. The quantitative estimate of drug-likeness (QED) is 0.858. The Kier molecular flexibility index (Phi) is 3.92. The molecule has 1 heterocycles. The van der Waals surface area contributed by atoms with Gasteiger partial charge in [0.05, 0.1) is 11.8 Å². The molecule has 0 atom stereocenters. The zero-order valence-corrected chi connectivity index (χ0v) is 12.9. The van der Waals surface area contributed by atoms with Gasteiger partial charge in [-0.25, -0.2) is 4.68 Å². The first-order chi connectivity index (χ1) is 10.1. The van der Waals surface area contributed by atoms with Gasteiger partial charge in [0, 0.05) is 5.69 Å². The SMILES string of the molecule is Cc1ccc(NC(=O)CSc2nnnn2C2CC2)c(C)c1. The average molecular weight is 303 g/mol. The van der Waals surface area contributed by atoms with Gasteiger partial charge in [-0.3, -0.25) is 4.79 Å². The minimum absolute atomic E-state index is 0.0442. The Balaban J connectivity index is 1.57. The molecule has 1 amide bonds. The van der Waals surface area contributed by atoms with Crippen LogP contribution in [0.25, 0.3) is 0 Å². The van der Waals surface area contributed by atoms with E-state index in [0.717, 1.165) is 24.1 Å². The maximum absolute atomic E-state index is 12.0. The summed E-state index contributed by atoms with van der Waals surface area (Å²) >= 11 is 1.37. The molecule has 1 fully saturated rings. The molecule has 1 aromatic heterocycles. The number of hydrogen-bond donors (Lipinski definition) is 1. The van der Waals surface area contributed by atoms with Crippen molar-refractivity contribution in [1.29, 1.82) is 0 Å². The van der Waals surface area contributed by atoms with Gasteiger partial charge in [-0.05, 0) is 48.7 Å². The summed E-state index contributed by atoms with van der Waals surface area (Å²) in [6.45, 7) is 4.02. The van der Waals surface area contributed by atoms with Crippen LogP contribution in [-0.2, 0) is 4.79 Å². The molecular formula is C14H17N5OS.